The first-order valence-corrected chi connectivity index (χ1v) is 7.99. The normalized spacial score (nSPS) is 18.0. The molecule has 0 spiro atoms. The summed E-state index contributed by atoms with van der Waals surface area (Å²) in [4.78, 5) is 12.1. The van der Waals surface area contributed by atoms with Crippen molar-refractivity contribution in [2.45, 2.75) is 45.6 Å². The number of rotatable bonds is 5. The monoisotopic (exact) mass is 301 g/mol. The summed E-state index contributed by atoms with van der Waals surface area (Å²) in [5.41, 5.74) is 4.19. The number of hydrogen-bond donors (Lipinski definition) is 1. The predicted molar refractivity (Wildman–Crippen MR) is 86.0 cm³/mol. The second-order valence-corrected chi connectivity index (χ2v) is 6.10. The number of aryl methyl sites for hydroxylation is 2. The third kappa shape index (κ3) is 3.17. The molecule has 0 aliphatic carbocycles. The summed E-state index contributed by atoms with van der Waals surface area (Å²) >= 11 is 0. The summed E-state index contributed by atoms with van der Waals surface area (Å²) in [6.45, 7) is 5.65. The molecule has 0 saturated carbocycles. The highest BCUT2D eigenvalue weighted by Crippen LogP contribution is 2.26. The van der Waals surface area contributed by atoms with Gasteiger partial charge in [0.25, 0.3) is 0 Å². The minimum atomic E-state index is 0.0407. The number of fused-ring (bicyclic) bond motifs is 1. The minimum absolute atomic E-state index is 0.0407. The molecule has 1 aromatic heterocycles. The molecule has 1 aromatic carbocycles. The van der Waals surface area contributed by atoms with Gasteiger partial charge >= 0.3 is 0 Å². The van der Waals surface area contributed by atoms with Gasteiger partial charge in [0, 0.05) is 24.1 Å². The van der Waals surface area contributed by atoms with Crippen LogP contribution in [0.15, 0.2) is 22.8 Å². The Labute approximate surface area is 130 Å². The molecule has 2 aromatic rings. The first kappa shape index (κ1) is 15.1. The number of nitrogens with one attached hydrogen (secondary N) is 1. The summed E-state index contributed by atoms with van der Waals surface area (Å²) < 4.78 is 11.2. The summed E-state index contributed by atoms with van der Waals surface area (Å²) in [6, 6.07) is 4.11. The van der Waals surface area contributed by atoms with Crippen LogP contribution in [0.25, 0.3) is 11.0 Å². The topological polar surface area (TPSA) is 51.5 Å². The first-order chi connectivity index (χ1) is 10.6. The van der Waals surface area contributed by atoms with Gasteiger partial charge in [-0.25, -0.2) is 0 Å². The fourth-order valence-electron chi connectivity index (χ4n) is 3.01. The Morgan fingerprint density at radius 2 is 2.23 bits per heavy atom. The van der Waals surface area contributed by atoms with Crippen LogP contribution < -0.4 is 5.32 Å². The van der Waals surface area contributed by atoms with Gasteiger partial charge in [0.15, 0.2) is 0 Å². The number of benzene rings is 1. The van der Waals surface area contributed by atoms with E-state index in [0.717, 1.165) is 48.0 Å². The molecule has 22 heavy (non-hydrogen) atoms. The molecular formula is C18H23NO3. The smallest absolute Gasteiger partial charge is 0.224 e. The van der Waals surface area contributed by atoms with E-state index in [1.165, 1.54) is 5.56 Å². The number of carbonyl (C=O) groups excluding carboxylic acids is 1. The van der Waals surface area contributed by atoms with E-state index in [2.05, 4.69) is 18.3 Å². The lowest BCUT2D eigenvalue weighted by Crippen LogP contribution is -2.28. The van der Waals surface area contributed by atoms with E-state index in [4.69, 9.17) is 9.15 Å². The second-order valence-electron chi connectivity index (χ2n) is 6.10. The summed E-state index contributed by atoms with van der Waals surface area (Å²) in [5, 5.41) is 4.02. The third-order valence-electron chi connectivity index (χ3n) is 4.51. The van der Waals surface area contributed by atoms with E-state index < -0.39 is 0 Å². The van der Waals surface area contributed by atoms with Gasteiger partial charge in [-0.1, -0.05) is 12.1 Å². The molecule has 0 unspecified atom stereocenters. The summed E-state index contributed by atoms with van der Waals surface area (Å²) in [6.07, 6.45) is 5.54. The zero-order valence-corrected chi connectivity index (χ0v) is 13.3. The number of ether oxygens (including phenoxy) is 1. The van der Waals surface area contributed by atoms with Gasteiger partial charge < -0.3 is 14.5 Å². The van der Waals surface area contributed by atoms with E-state index in [1.54, 1.807) is 6.26 Å². The zero-order valence-electron chi connectivity index (χ0n) is 13.3. The van der Waals surface area contributed by atoms with Crippen molar-refractivity contribution in [3.05, 3.63) is 35.1 Å². The maximum absolute atomic E-state index is 12.1. The zero-order chi connectivity index (χ0) is 15.5. The van der Waals surface area contributed by atoms with Gasteiger partial charge in [-0.3, -0.25) is 4.79 Å². The van der Waals surface area contributed by atoms with Crippen molar-refractivity contribution in [3.63, 3.8) is 0 Å². The molecule has 2 heterocycles. The predicted octanol–water partition coefficient (Wildman–Crippen LogP) is 3.28. The quantitative estimate of drug-likeness (QED) is 0.922. The molecule has 1 amide bonds. The Morgan fingerprint density at radius 3 is 3.00 bits per heavy atom. The van der Waals surface area contributed by atoms with Crippen molar-refractivity contribution in [1.82, 2.24) is 5.32 Å². The highest BCUT2D eigenvalue weighted by molar-refractivity contribution is 5.89. The van der Waals surface area contributed by atoms with Gasteiger partial charge in [-0.2, -0.15) is 0 Å². The van der Waals surface area contributed by atoms with Crippen LogP contribution in [0, 0.1) is 13.8 Å². The lowest BCUT2D eigenvalue weighted by Gasteiger charge is -2.09. The first-order valence-electron chi connectivity index (χ1n) is 7.99. The van der Waals surface area contributed by atoms with Crippen LogP contribution in [0.5, 0.6) is 0 Å². The second kappa shape index (κ2) is 6.53. The van der Waals surface area contributed by atoms with Gasteiger partial charge in [0.05, 0.1) is 18.8 Å². The van der Waals surface area contributed by atoms with Crippen molar-refractivity contribution in [2.24, 2.45) is 0 Å². The highest BCUT2D eigenvalue weighted by atomic mass is 16.5. The van der Waals surface area contributed by atoms with Gasteiger partial charge in [0.2, 0.25) is 5.91 Å². The Morgan fingerprint density at radius 1 is 1.36 bits per heavy atom. The van der Waals surface area contributed by atoms with Crippen molar-refractivity contribution in [2.75, 3.05) is 13.2 Å². The maximum atomic E-state index is 12.1. The molecule has 0 bridgehead atoms. The molecule has 3 rings (SSSR count). The van der Waals surface area contributed by atoms with Gasteiger partial charge in [0.1, 0.15) is 5.58 Å². The SMILES string of the molecule is Cc1ccc2c(CC(=O)NCC[C@@H]3CCCO3)coc2c1C. The molecule has 1 saturated heterocycles. The highest BCUT2D eigenvalue weighted by Gasteiger charge is 2.16. The Kier molecular flexibility index (Phi) is 4.48. The summed E-state index contributed by atoms with van der Waals surface area (Å²) in [7, 11) is 0. The Bertz CT molecular complexity index is 668. The Hall–Kier alpha value is -1.81. The minimum Gasteiger partial charge on any atom is -0.464 e. The standard InChI is InChI=1S/C18H23NO3/c1-12-5-6-16-14(11-22-18(16)13(12)2)10-17(20)19-8-7-15-4-3-9-21-15/h5-6,11,15H,3-4,7-10H2,1-2H3,(H,19,20)/t15-/m0/s1. The third-order valence-corrected chi connectivity index (χ3v) is 4.51. The molecule has 118 valence electrons. The van der Waals surface area contributed by atoms with Crippen molar-refractivity contribution >= 4 is 16.9 Å². The van der Waals surface area contributed by atoms with Gasteiger partial charge in [-0.05, 0) is 44.2 Å². The molecule has 1 aliphatic heterocycles. The van der Waals surface area contributed by atoms with E-state index in [1.807, 2.05) is 13.0 Å². The average molecular weight is 301 g/mol. The molecular weight excluding hydrogens is 278 g/mol. The number of furan rings is 1. The fourth-order valence-corrected chi connectivity index (χ4v) is 3.01. The lowest BCUT2D eigenvalue weighted by atomic mass is 10.0. The molecule has 4 heteroatoms. The van der Waals surface area contributed by atoms with Crippen LogP contribution in [0.2, 0.25) is 0 Å². The number of hydrogen-bond acceptors (Lipinski definition) is 3. The molecule has 1 N–H and O–H groups in total. The molecule has 0 radical (unpaired) electrons. The fraction of sp³-hybridized carbons (Fsp3) is 0.500. The van der Waals surface area contributed by atoms with Crippen molar-refractivity contribution in [3.8, 4) is 0 Å². The maximum Gasteiger partial charge on any atom is 0.224 e. The van der Waals surface area contributed by atoms with Crippen molar-refractivity contribution in [1.29, 1.82) is 0 Å². The molecule has 1 fully saturated rings. The van der Waals surface area contributed by atoms with Crippen LogP contribution in [-0.2, 0) is 16.0 Å². The van der Waals surface area contributed by atoms with E-state index in [-0.39, 0.29) is 5.91 Å². The van der Waals surface area contributed by atoms with E-state index in [0.29, 0.717) is 19.1 Å². The van der Waals surface area contributed by atoms with E-state index in [9.17, 15) is 4.79 Å². The van der Waals surface area contributed by atoms with E-state index >= 15 is 0 Å². The van der Waals surface area contributed by atoms with Crippen LogP contribution in [-0.4, -0.2) is 25.2 Å². The van der Waals surface area contributed by atoms with Gasteiger partial charge in [-0.15, -0.1) is 0 Å². The lowest BCUT2D eigenvalue weighted by molar-refractivity contribution is -0.120. The van der Waals surface area contributed by atoms with Crippen LogP contribution in [0.4, 0.5) is 0 Å². The average Bonchev–Trinajstić information content (AvgIpc) is 3.13. The Balaban J connectivity index is 1.58. The molecule has 4 nitrogen and oxygen atoms in total. The number of carbonyl (C=O) groups is 1. The summed E-state index contributed by atoms with van der Waals surface area (Å²) in [5.74, 6) is 0.0407. The van der Waals surface area contributed by atoms with Crippen LogP contribution in [0.1, 0.15) is 36.0 Å². The van der Waals surface area contributed by atoms with Crippen LogP contribution >= 0.6 is 0 Å². The molecule has 1 aliphatic rings. The number of amides is 1. The van der Waals surface area contributed by atoms with Crippen molar-refractivity contribution < 1.29 is 13.9 Å². The largest absolute Gasteiger partial charge is 0.464 e. The van der Waals surface area contributed by atoms with Crippen LogP contribution in [0.3, 0.4) is 0 Å². The molecule has 1 atom stereocenters.